The van der Waals surface area contributed by atoms with E-state index in [4.69, 9.17) is 5.11 Å². The molecule has 0 aliphatic heterocycles. The average molecular weight is 206 g/mol. The Labute approximate surface area is 88.7 Å². The molecule has 0 radical (unpaired) electrons. The maximum atomic E-state index is 10.9. The number of hydrogen-bond donors (Lipinski definition) is 2. The monoisotopic (exact) mass is 206 g/mol. The van der Waals surface area contributed by atoms with Crippen molar-refractivity contribution < 1.29 is 9.90 Å². The van der Waals surface area contributed by atoms with E-state index in [0.29, 0.717) is 6.42 Å². The number of pyridine rings is 1. The molecule has 1 unspecified atom stereocenters. The van der Waals surface area contributed by atoms with Crippen LogP contribution in [0.2, 0.25) is 0 Å². The zero-order valence-corrected chi connectivity index (χ0v) is 8.60. The van der Waals surface area contributed by atoms with Crippen LogP contribution in [-0.4, -0.2) is 22.1 Å². The van der Waals surface area contributed by atoms with Gasteiger partial charge in [0.25, 0.3) is 0 Å². The molecule has 0 amide bonds. The second-order valence-electron chi connectivity index (χ2n) is 3.25. The molecule has 1 rings (SSSR count). The largest absolute Gasteiger partial charge is 0.480 e. The van der Waals surface area contributed by atoms with Gasteiger partial charge in [-0.25, -0.2) is 4.79 Å². The third kappa shape index (κ3) is 3.09. The minimum Gasteiger partial charge on any atom is -0.480 e. The van der Waals surface area contributed by atoms with Gasteiger partial charge in [-0.05, 0) is 25.0 Å². The third-order valence-electron chi connectivity index (χ3n) is 2.05. The van der Waals surface area contributed by atoms with E-state index in [9.17, 15) is 4.79 Å². The summed E-state index contributed by atoms with van der Waals surface area (Å²) in [7, 11) is 0. The van der Waals surface area contributed by atoms with E-state index in [-0.39, 0.29) is 0 Å². The topological polar surface area (TPSA) is 62.2 Å². The second-order valence-corrected chi connectivity index (χ2v) is 3.25. The molecule has 80 valence electrons. The van der Waals surface area contributed by atoms with Crippen molar-refractivity contribution in [1.82, 2.24) is 4.98 Å². The summed E-state index contributed by atoms with van der Waals surface area (Å²) < 4.78 is 0. The molecule has 0 aliphatic carbocycles. The van der Waals surface area contributed by atoms with Crippen LogP contribution in [0.4, 0.5) is 5.69 Å². The highest BCUT2D eigenvalue weighted by atomic mass is 16.4. The summed E-state index contributed by atoms with van der Waals surface area (Å²) in [6.45, 7) is 5.41. The lowest BCUT2D eigenvalue weighted by molar-refractivity contribution is -0.137. The number of nitrogens with one attached hydrogen (secondary N) is 1. The molecule has 0 saturated heterocycles. The van der Waals surface area contributed by atoms with E-state index in [2.05, 4.69) is 16.9 Å². The van der Waals surface area contributed by atoms with E-state index >= 15 is 0 Å². The molecule has 0 bridgehead atoms. The summed E-state index contributed by atoms with van der Waals surface area (Å²) in [5.41, 5.74) is 1.71. The zero-order valence-electron chi connectivity index (χ0n) is 8.60. The van der Waals surface area contributed by atoms with E-state index in [1.165, 1.54) is 0 Å². The summed E-state index contributed by atoms with van der Waals surface area (Å²) in [5.74, 6) is -0.883. The molecule has 0 saturated carbocycles. The first-order valence-electron chi connectivity index (χ1n) is 4.66. The van der Waals surface area contributed by atoms with Gasteiger partial charge in [-0.15, -0.1) is 6.58 Å². The summed E-state index contributed by atoms with van der Waals surface area (Å²) in [6, 6.07) is 1.12. The van der Waals surface area contributed by atoms with Crippen molar-refractivity contribution >= 4 is 11.7 Å². The first-order valence-corrected chi connectivity index (χ1v) is 4.66. The third-order valence-corrected chi connectivity index (χ3v) is 2.05. The number of carbonyl (C=O) groups is 1. The highest BCUT2D eigenvalue weighted by Crippen LogP contribution is 2.14. The molecule has 1 atom stereocenters. The molecule has 0 aromatic carbocycles. The van der Waals surface area contributed by atoms with Crippen LogP contribution in [0.5, 0.6) is 0 Å². The van der Waals surface area contributed by atoms with Crippen molar-refractivity contribution in [2.45, 2.75) is 19.4 Å². The summed E-state index contributed by atoms with van der Waals surface area (Å²) in [4.78, 5) is 14.8. The van der Waals surface area contributed by atoms with Crippen molar-refractivity contribution in [3.8, 4) is 0 Å². The molecular formula is C11H14N2O2. The van der Waals surface area contributed by atoms with Gasteiger partial charge in [0.15, 0.2) is 0 Å². The van der Waals surface area contributed by atoms with E-state index in [0.717, 1.165) is 11.3 Å². The molecule has 4 nitrogen and oxygen atoms in total. The number of carboxylic acids is 1. The van der Waals surface area contributed by atoms with Gasteiger partial charge in [0.1, 0.15) is 6.04 Å². The molecule has 0 spiro atoms. The number of rotatable bonds is 5. The van der Waals surface area contributed by atoms with Gasteiger partial charge in [-0.1, -0.05) is 6.08 Å². The Hall–Kier alpha value is -1.84. The van der Waals surface area contributed by atoms with Gasteiger partial charge in [-0.3, -0.25) is 4.98 Å². The number of hydrogen-bond acceptors (Lipinski definition) is 3. The first kappa shape index (κ1) is 11.2. The molecule has 1 heterocycles. The number of anilines is 1. The molecule has 1 aromatic rings. The van der Waals surface area contributed by atoms with Crippen molar-refractivity contribution in [2.75, 3.05) is 5.32 Å². The summed E-state index contributed by atoms with van der Waals surface area (Å²) >= 11 is 0. The fourth-order valence-electron chi connectivity index (χ4n) is 1.21. The normalized spacial score (nSPS) is 11.8. The SMILES string of the molecule is C=CCC(Nc1ccncc1C)C(=O)O. The molecule has 4 heteroatoms. The molecule has 0 fully saturated rings. The maximum absolute atomic E-state index is 10.9. The van der Waals surface area contributed by atoms with Crippen molar-refractivity contribution in [2.24, 2.45) is 0 Å². The van der Waals surface area contributed by atoms with E-state index < -0.39 is 12.0 Å². The van der Waals surface area contributed by atoms with Crippen molar-refractivity contribution in [3.63, 3.8) is 0 Å². The van der Waals surface area contributed by atoms with Crippen LogP contribution >= 0.6 is 0 Å². The van der Waals surface area contributed by atoms with Gasteiger partial charge in [0.05, 0.1) is 0 Å². The number of carboxylic acid groups (broad SMARTS) is 1. The minimum absolute atomic E-state index is 0.386. The van der Waals surface area contributed by atoms with Crippen molar-refractivity contribution in [3.05, 3.63) is 36.7 Å². The van der Waals surface area contributed by atoms with E-state index in [1.807, 2.05) is 6.92 Å². The predicted octanol–water partition coefficient (Wildman–Crippen LogP) is 1.83. The van der Waals surface area contributed by atoms with Gasteiger partial charge in [0.2, 0.25) is 0 Å². The number of aromatic nitrogens is 1. The Morgan fingerprint density at radius 2 is 2.53 bits per heavy atom. The lowest BCUT2D eigenvalue weighted by Gasteiger charge is -2.15. The Morgan fingerprint density at radius 1 is 1.80 bits per heavy atom. The first-order chi connectivity index (χ1) is 7.15. The number of nitrogens with zero attached hydrogens (tertiary/aromatic N) is 1. The maximum Gasteiger partial charge on any atom is 0.326 e. The fourth-order valence-corrected chi connectivity index (χ4v) is 1.21. The lowest BCUT2D eigenvalue weighted by atomic mass is 10.1. The Balaban J connectivity index is 2.78. The minimum atomic E-state index is -0.883. The Bertz CT molecular complexity index is 363. The average Bonchev–Trinajstić information content (AvgIpc) is 2.20. The molecule has 0 aliphatic rings. The Kier molecular flexibility index (Phi) is 3.85. The van der Waals surface area contributed by atoms with Gasteiger partial charge >= 0.3 is 5.97 Å². The van der Waals surface area contributed by atoms with Gasteiger partial charge in [0, 0.05) is 18.1 Å². The van der Waals surface area contributed by atoms with Crippen LogP contribution in [0.3, 0.4) is 0 Å². The van der Waals surface area contributed by atoms with Crippen LogP contribution in [0.1, 0.15) is 12.0 Å². The van der Waals surface area contributed by atoms with Crippen molar-refractivity contribution in [1.29, 1.82) is 0 Å². The van der Waals surface area contributed by atoms with E-state index in [1.54, 1.807) is 24.5 Å². The fraction of sp³-hybridized carbons (Fsp3) is 0.273. The number of aliphatic carboxylic acids is 1. The van der Waals surface area contributed by atoms with Crippen LogP contribution in [0.15, 0.2) is 31.1 Å². The highest BCUT2D eigenvalue weighted by molar-refractivity contribution is 5.77. The predicted molar refractivity (Wildman–Crippen MR) is 58.8 cm³/mol. The molecule has 1 aromatic heterocycles. The zero-order chi connectivity index (χ0) is 11.3. The lowest BCUT2D eigenvalue weighted by Crippen LogP contribution is -2.28. The van der Waals surface area contributed by atoms with Gasteiger partial charge in [-0.2, -0.15) is 0 Å². The molecular weight excluding hydrogens is 192 g/mol. The van der Waals surface area contributed by atoms with Crippen LogP contribution < -0.4 is 5.32 Å². The molecule has 2 N–H and O–H groups in total. The van der Waals surface area contributed by atoms with Crippen LogP contribution in [-0.2, 0) is 4.79 Å². The standard InChI is InChI=1S/C11H14N2O2/c1-3-4-10(11(14)15)13-9-5-6-12-7-8(9)2/h3,5-7,10H,1,4H2,2H3,(H,12,13)(H,14,15). The Morgan fingerprint density at radius 3 is 3.07 bits per heavy atom. The highest BCUT2D eigenvalue weighted by Gasteiger charge is 2.15. The van der Waals surface area contributed by atoms with Crippen LogP contribution in [0, 0.1) is 6.92 Å². The second kappa shape index (κ2) is 5.14. The smallest absolute Gasteiger partial charge is 0.326 e. The number of aryl methyl sites for hydroxylation is 1. The van der Waals surface area contributed by atoms with Gasteiger partial charge < -0.3 is 10.4 Å². The quantitative estimate of drug-likeness (QED) is 0.721. The summed E-state index contributed by atoms with van der Waals surface area (Å²) in [6.07, 6.45) is 5.29. The summed E-state index contributed by atoms with van der Waals surface area (Å²) in [5, 5.41) is 11.9. The molecule has 15 heavy (non-hydrogen) atoms. The van der Waals surface area contributed by atoms with Crippen LogP contribution in [0.25, 0.3) is 0 Å².